The van der Waals surface area contributed by atoms with Gasteiger partial charge in [-0.15, -0.1) is 5.10 Å². The van der Waals surface area contributed by atoms with Gasteiger partial charge in [-0.2, -0.15) is 13.8 Å². The maximum absolute atomic E-state index is 14.0. The molecule has 1 aliphatic rings. The van der Waals surface area contributed by atoms with Crippen molar-refractivity contribution in [3.8, 4) is 0 Å². The third kappa shape index (κ3) is 2.58. The number of hydrogen-bond acceptors (Lipinski definition) is 4. The summed E-state index contributed by atoms with van der Waals surface area (Å²) in [7, 11) is -5.09. The highest BCUT2D eigenvalue weighted by Crippen LogP contribution is 2.40. The van der Waals surface area contributed by atoms with Crippen LogP contribution in [0.4, 0.5) is 22.0 Å². The summed E-state index contributed by atoms with van der Waals surface area (Å²) in [5.41, 5.74) is -0.00482. The number of benzene rings is 1. The molecule has 3 rings (SSSR count). The van der Waals surface area contributed by atoms with Crippen molar-refractivity contribution in [2.45, 2.75) is 29.5 Å². The van der Waals surface area contributed by atoms with Crippen molar-refractivity contribution in [1.29, 1.82) is 0 Å². The molecule has 2 heterocycles. The second-order valence-corrected chi connectivity index (χ2v) is 6.74. The molecule has 11 heteroatoms. The number of sulfone groups is 1. The molecule has 23 heavy (non-hydrogen) atoms. The fraction of sp³-hybridized carbons (Fsp3) is 0.333. The summed E-state index contributed by atoms with van der Waals surface area (Å²) in [6, 6.07) is 1.43. The smallest absolute Gasteiger partial charge is 0.239 e. The van der Waals surface area contributed by atoms with Crippen LogP contribution in [0.2, 0.25) is 0 Å². The number of rotatable bonds is 3. The van der Waals surface area contributed by atoms with Gasteiger partial charge in [0, 0.05) is 12.5 Å². The predicted molar refractivity (Wildman–Crippen MR) is 66.2 cm³/mol. The average Bonchev–Trinajstić information content (AvgIpc) is 2.99. The van der Waals surface area contributed by atoms with Gasteiger partial charge in [-0.3, -0.25) is 0 Å². The topological polar surface area (TPSA) is 64.8 Å². The van der Waals surface area contributed by atoms with Crippen molar-refractivity contribution >= 4 is 9.84 Å². The summed E-state index contributed by atoms with van der Waals surface area (Å²) < 4.78 is 89.1. The highest BCUT2D eigenvalue weighted by molar-refractivity contribution is 7.91. The fourth-order valence-corrected chi connectivity index (χ4v) is 2.99. The van der Waals surface area contributed by atoms with E-state index in [1.54, 1.807) is 0 Å². The quantitative estimate of drug-likeness (QED) is 0.796. The summed E-state index contributed by atoms with van der Waals surface area (Å²) in [5, 5.41) is 2.19. The van der Waals surface area contributed by atoms with Crippen molar-refractivity contribution < 1.29 is 30.4 Å². The third-order valence-corrected chi connectivity index (χ3v) is 4.55. The first-order valence-electron chi connectivity index (χ1n) is 6.28. The minimum Gasteiger partial charge on any atom is -0.239 e. The molecule has 0 unspecified atom stereocenters. The molecule has 2 atom stereocenters. The van der Waals surface area contributed by atoms with E-state index in [1.807, 2.05) is 0 Å². The van der Waals surface area contributed by atoms with Gasteiger partial charge >= 0.3 is 5.76 Å². The SMILES string of the molecule is O=S(=O)(c1nc2n(n1)[C@H](c1cc(F)cc(F)c1)C[C@@H]2F)C(F)F. The maximum Gasteiger partial charge on any atom is 0.344 e. The molecule has 0 fully saturated rings. The Balaban J connectivity index is 2.09. The Bertz CT molecular complexity index is 847. The maximum atomic E-state index is 14.0. The first-order valence-corrected chi connectivity index (χ1v) is 7.83. The van der Waals surface area contributed by atoms with Crippen LogP contribution >= 0.6 is 0 Å². The molecule has 0 saturated heterocycles. The minimum atomic E-state index is -5.09. The molecule has 0 saturated carbocycles. The summed E-state index contributed by atoms with van der Waals surface area (Å²) >= 11 is 0. The Morgan fingerprint density at radius 2 is 1.78 bits per heavy atom. The van der Waals surface area contributed by atoms with Gasteiger partial charge in [0.1, 0.15) is 11.6 Å². The second kappa shape index (κ2) is 5.25. The van der Waals surface area contributed by atoms with Crippen molar-refractivity contribution in [1.82, 2.24) is 14.8 Å². The van der Waals surface area contributed by atoms with E-state index in [9.17, 15) is 30.4 Å². The lowest BCUT2D eigenvalue weighted by atomic mass is 10.0. The van der Waals surface area contributed by atoms with E-state index in [2.05, 4.69) is 10.1 Å². The van der Waals surface area contributed by atoms with E-state index in [0.29, 0.717) is 6.07 Å². The molecule has 2 aromatic rings. The lowest BCUT2D eigenvalue weighted by Crippen LogP contribution is -2.15. The van der Waals surface area contributed by atoms with Crippen LogP contribution in [0.25, 0.3) is 0 Å². The number of hydrogen-bond donors (Lipinski definition) is 0. The van der Waals surface area contributed by atoms with E-state index in [4.69, 9.17) is 0 Å². The van der Waals surface area contributed by atoms with Crippen LogP contribution in [0, 0.1) is 11.6 Å². The minimum absolute atomic E-state index is 0.00482. The lowest BCUT2D eigenvalue weighted by Gasteiger charge is -2.12. The van der Waals surface area contributed by atoms with E-state index in [0.717, 1.165) is 16.8 Å². The van der Waals surface area contributed by atoms with E-state index >= 15 is 0 Å². The van der Waals surface area contributed by atoms with Crippen molar-refractivity contribution in [2.24, 2.45) is 0 Å². The number of alkyl halides is 3. The van der Waals surface area contributed by atoms with Crippen LogP contribution < -0.4 is 0 Å². The molecular formula is C12H8F5N3O2S. The molecule has 0 aliphatic carbocycles. The molecule has 1 aromatic heterocycles. The normalized spacial score (nSPS) is 21.0. The van der Waals surface area contributed by atoms with Crippen LogP contribution in [-0.4, -0.2) is 28.9 Å². The monoisotopic (exact) mass is 353 g/mol. The van der Waals surface area contributed by atoms with Crippen LogP contribution in [0.5, 0.6) is 0 Å². The molecule has 0 spiro atoms. The van der Waals surface area contributed by atoms with Gasteiger partial charge in [0.15, 0.2) is 12.0 Å². The number of nitrogens with zero attached hydrogens (tertiary/aromatic N) is 3. The summed E-state index contributed by atoms with van der Waals surface area (Å²) in [4.78, 5) is 3.31. The highest BCUT2D eigenvalue weighted by Gasteiger charge is 2.40. The van der Waals surface area contributed by atoms with Crippen molar-refractivity contribution in [3.63, 3.8) is 0 Å². The molecule has 1 aromatic carbocycles. The Morgan fingerprint density at radius 1 is 1.17 bits per heavy atom. The van der Waals surface area contributed by atoms with Gasteiger partial charge < -0.3 is 0 Å². The summed E-state index contributed by atoms with van der Waals surface area (Å²) in [6.45, 7) is 0. The van der Waals surface area contributed by atoms with Crippen molar-refractivity contribution in [3.05, 3.63) is 41.2 Å². The number of fused-ring (bicyclic) bond motifs is 1. The Hall–Kier alpha value is -2.04. The molecule has 1 aliphatic heterocycles. The van der Waals surface area contributed by atoms with E-state index in [-0.39, 0.29) is 12.0 Å². The number of halogens is 5. The lowest BCUT2D eigenvalue weighted by molar-refractivity contribution is 0.233. The average molecular weight is 353 g/mol. The zero-order chi connectivity index (χ0) is 16.9. The zero-order valence-electron chi connectivity index (χ0n) is 11.1. The first kappa shape index (κ1) is 15.8. The Kier molecular flexibility index (Phi) is 3.62. The zero-order valence-corrected chi connectivity index (χ0v) is 11.9. The molecule has 124 valence electrons. The van der Waals surface area contributed by atoms with Gasteiger partial charge in [-0.05, 0) is 17.7 Å². The fourth-order valence-electron chi connectivity index (χ4n) is 2.40. The number of aromatic nitrogens is 3. The standard InChI is InChI=1S/C12H8F5N3O2S/c13-6-1-5(2-7(14)3-6)9-4-8(15)10-18-12(19-20(9)10)23(21,22)11(16)17/h1-3,8-9,11H,4H2/t8-,9-/m0/s1. The highest BCUT2D eigenvalue weighted by atomic mass is 32.2. The van der Waals surface area contributed by atoms with Crippen molar-refractivity contribution in [2.75, 3.05) is 0 Å². The van der Waals surface area contributed by atoms with E-state index < -0.39 is 50.4 Å². The van der Waals surface area contributed by atoms with E-state index in [1.165, 1.54) is 0 Å². The predicted octanol–water partition coefficient (Wildman–Crippen LogP) is 2.56. The van der Waals surface area contributed by atoms with Gasteiger partial charge in [0.05, 0.1) is 6.04 Å². The first-order chi connectivity index (χ1) is 10.7. The van der Waals surface area contributed by atoms with Crippen LogP contribution in [0.15, 0.2) is 23.4 Å². The molecule has 0 radical (unpaired) electrons. The van der Waals surface area contributed by atoms with Crippen LogP contribution in [-0.2, 0) is 9.84 Å². The third-order valence-electron chi connectivity index (χ3n) is 3.40. The summed E-state index contributed by atoms with van der Waals surface area (Å²) in [5.74, 6) is -6.05. The molecule has 0 N–H and O–H groups in total. The van der Waals surface area contributed by atoms with Gasteiger partial charge in [-0.1, -0.05) is 0 Å². The van der Waals surface area contributed by atoms with Crippen LogP contribution in [0.3, 0.4) is 0 Å². The Morgan fingerprint density at radius 3 is 2.35 bits per heavy atom. The Labute approximate surface area is 126 Å². The molecular weight excluding hydrogens is 345 g/mol. The largest absolute Gasteiger partial charge is 0.344 e. The van der Waals surface area contributed by atoms with Gasteiger partial charge in [0.25, 0.3) is 15.0 Å². The van der Waals surface area contributed by atoms with Gasteiger partial charge in [0.2, 0.25) is 0 Å². The second-order valence-electron chi connectivity index (χ2n) is 4.92. The van der Waals surface area contributed by atoms with Gasteiger partial charge in [-0.25, -0.2) is 26.3 Å². The molecule has 0 bridgehead atoms. The summed E-state index contributed by atoms with van der Waals surface area (Å²) in [6.07, 6.45) is -2.08. The van der Waals surface area contributed by atoms with Crippen LogP contribution in [0.1, 0.15) is 30.0 Å². The molecule has 0 amide bonds. The molecule has 5 nitrogen and oxygen atoms in total.